The van der Waals surface area contributed by atoms with E-state index in [9.17, 15) is 9.18 Å². The van der Waals surface area contributed by atoms with Gasteiger partial charge in [-0.3, -0.25) is 4.79 Å². The summed E-state index contributed by atoms with van der Waals surface area (Å²) in [5.74, 6) is 0.0643. The summed E-state index contributed by atoms with van der Waals surface area (Å²) in [5, 5.41) is 0.0561. The van der Waals surface area contributed by atoms with Crippen LogP contribution in [0.2, 0.25) is 5.02 Å². The van der Waals surface area contributed by atoms with Crippen LogP contribution in [0.3, 0.4) is 0 Å². The fourth-order valence-corrected chi connectivity index (χ4v) is 2.84. The van der Waals surface area contributed by atoms with Gasteiger partial charge < -0.3 is 0 Å². The molecule has 1 aliphatic rings. The van der Waals surface area contributed by atoms with Gasteiger partial charge in [0, 0.05) is 12.0 Å². The number of halogens is 2. The minimum Gasteiger partial charge on any atom is -0.294 e. The van der Waals surface area contributed by atoms with Crippen LogP contribution in [0.15, 0.2) is 42.5 Å². The molecular formula is C18H16ClFO. The maximum absolute atomic E-state index is 13.8. The third-order valence-corrected chi connectivity index (χ3v) is 4.48. The van der Waals surface area contributed by atoms with Gasteiger partial charge >= 0.3 is 0 Å². The molecule has 0 N–H and O–H groups in total. The van der Waals surface area contributed by atoms with E-state index in [4.69, 9.17) is 11.6 Å². The Morgan fingerprint density at radius 3 is 2.48 bits per heavy atom. The Bertz CT molecular complexity index is 659. The van der Waals surface area contributed by atoms with Crippen molar-refractivity contribution in [3.8, 4) is 0 Å². The Morgan fingerprint density at radius 1 is 1.14 bits per heavy atom. The summed E-state index contributed by atoms with van der Waals surface area (Å²) < 4.78 is 13.8. The molecule has 0 atom stereocenters. The van der Waals surface area contributed by atoms with Gasteiger partial charge in [-0.25, -0.2) is 4.39 Å². The smallest absolute Gasteiger partial charge is 0.167 e. The van der Waals surface area contributed by atoms with Gasteiger partial charge in [0.2, 0.25) is 0 Å². The van der Waals surface area contributed by atoms with Crippen LogP contribution in [-0.2, 0) is 6.42 Å². The van der Waals surface area contributed by atoms with Gasteiger partial charge in [0.1, 0.15) is 5.82 Å². The Hall–Kier alpha value is -1.67. The third-order valence-electron chi connectivity index (χ3n) is 4.19. The molecule has 0 unspecified atom stereocenters. The quantitative estimate of drug-likeness (QED) is 0.712. The number of carbonyl (C=O) groups excluding carboxylic acids is 1. The average molecular weight is 303 g/mol. The van der Waals surface area contributed by atoms with Crippen molar-refractivity contribution in [2.45, 2.75) is 31.6 Å². The molecule has 2 aromatic carbocycles. The van der Waals surface area contributed by atoms with Crippen molar-refractivity contribution in [1.82, 2.24) is 0 Å². The molecule has 1 saturated carbocycles. The predicted molar refractivity (Wildman–Crippen MR) is 82.5 cm³/mol. The normalized spacial score (nSPS) is 14.8. The summed E-state index contributed by atoms with van der Waals surface area (Å²) in [6.45, 7) is 0. The third kappa shape index (κ3) is 3.01. The lowest BCUT2D eigenvalue weighted by Crippen LogP contribution is -2.09. The van der Waals surface area contributed by atoms with Crippen molar-refractivity contribution in [2.75, 3.05) is 0 Å². The molecule has 1 fully saturated rings. The van der Waals surface area contributed by atoms with Crippen molar-refractivity contribution < 1.29 is 9.18 Å². The molecule has 0 spiro atoms. The van der Waals surface area contributed by atoms with E-state index in [0.717, 1.165) is 0 Å². The Balaban J connectivity index is 1.74. The molecule has 1 aliphatic carbocycles. The van der Waals surface area contributed by atoms with Crippen LogP contribution in [0.5, 0.6) is 0 Å². The lowest BCUT2D eigenvalue weighted by Gasteiger charge is -2.25. The van der Waals surface area contributed by atoms with Crippen LogP contribution in [-0.4, -0.2) is 5.78 Å². The first-order chi connectivity index (χ1) is 10.1. The second kappa shape index (κ2) is 5.98. The number of benzene rings is 2. The largest absolute Gasteiger partial charge is 0.294 e. The first kappa shape index (κ1) is 14.3. The van der Waals surface area contributed by atoms with E-state index in [0.29, 0.717) is 17.0 Å². The molecule has 0 aliphatic heterocycles. The topological polar surface area (TPSA) is 17.1 Å². The van der Waals surface area contributed by atoms with Crippen molar-refractivity contribution in [2.24, 2.45) is 0 Å². The zero-order valence-corrected chi connectivity index (χ0v) is 12.4. The maximum Gasteiger partial charge on any atom is 0.167 e. The van der Waals surface area contributed by atoms with E-state index in [1.165, 1.54) is 30.9 Å². The predicted octanol–water partition coefficient (Wildman–Crippen LogP) is 5.17. The first-order valence-corrected chi connectivity index (χ1v) is 7.59. The molecule has 3 rings (SSSR count). The highest BCUT2D eigenvalue weighted by Crippen LogP contribution is 2.36. The summed E-state index contributed by atoms with van der Waals surface area (Å²) >= 11 is 5.73. The molecule has 3 heteroatoms. The lowest BCUT2D eigenvalue weighted by molar-refractivity contribution is 0.0992. The monoisotopic (exact) mass is 302 g/mol. The molecule has 0 saturated heterocycles. The van der Waals surface area contributed by atoms with E-state index >= 15 is 0 Å². The fraction of sp³-hybridized carbons (Fsp3) is 0.278. The molecule has 108 valence electrons. The van der Waals surface area contributed by atoms with Crippen LogP contribution >= 0.6 is 11.6 Å². The summed E-state index contributed by atoms with van der Waals surface area (Å²) in [6, 6.07) is 12.5. The van der Waals surface area contributed by atoms with Gasteiger partial charge in [-0.2, -0.15) is 0 Å². The first-order valence-electron chi connectivity index (χ1n) is 7.21. The number of hydrogen-bond acceptors (Lipinski definition) is 1. The van der Waals surface area contributed by atoms with E-state index in [1.54, 1.807) is 12.1 Å². The van der Waals surface area contributed by atoms with Gasteiger partial charge in [0.15, 0.2) is 5.78 Å². The highest BCUT2D eigenvalue weighted by molar-refractivity contribution is 6.30. The van der Waals surface area contributed by atoms with Crippen LogP contribution in [0, 0.1) is 5.82 Å². The zero-order valence-electron chi connectivity index (χ0n) is 11.6. The van der Waals surface area contributed by atoms with E-state index in [1.807, 2.05) is 24.3 Å². The van der Waals surface area contributed by atoms with E-state index in [2.05, 4.69) is 0 Å². The number of ketones is 1. The van der Waals surface area contributed by atoms with Crippen LogP contribution in [0.4, 0.5) is 4.39 Å². The molecular weight excluding hydrogens is 287 g/mol. The fourth-order valence-electron chi connectivity index (χ4n) is 2.64. The lowest BCUT2D eigenvalue weighted by atomic mass is 9.80. The second-order valence-electron chi connectivity index (χ2n) is 5.56. The van der Waals surface area contributed by atoms with Gasteiger partial charge in [0.25, 0.3) is 0 Å². The standard InChI is InChI=1S/C18H16ClFO/c19-16-6-2-5-15(18(16)20)11-17(21)14-9-7-13(8-10-14)12-3-1-4-12/h2,5-10,12H,1,3-4,11H2. The van der Waals surface area contributed by atoms with Crippen molar-refractivity contribution >= 4 is 17.4 Å². The Labute approximate surface area is 128 Å². The maximum atomic E-state index is 13.8. The summed E-state index contributed by atoms with van der Waals surface area (Å²) in [6.07, 6.45) is 3.80. The van der Waals surface area contributed by atoms with Crippen LogP contribution in [0.1, 0.15) is 46.7 Å². The van der Waals surface area contributed by atoms with E-state index in [-0.39, 0.29) is 17.2 Å². The van der Waals surface area contributed by atoms with Crippen molar-refractivity contribution in [1.29, 1.82) is 0 Å². The van der Waals surface area contributed by atoms with Crippen LogP contribution < -0.4 is 0 Å². The molecule has 2 aromatic rings. The highest BCUT2D eigenvalue weighted by atomic mass is 35.5. The minimum absolute atomic E-state index is 0.0369. The summed E-state index contributed by atoms with van der Waals surface area (Å²) in [4.78, 5) is 12.2. The minimum atomic E-state index is -0.501. The average Bonchev–Trinajstić information content (AvgIpc) is 2.43. The molecule has 0 aromatic heterocycles. The SMILES string of the molecule is O=C(Cc1cccc(Cl)c1F)c1ccc(C2CCC2)cc1. The van der Waals surface area contributed by atoms with Gasteiger partial charge in [-0.05, 0) is 36.0 Å². The number of Topliss-reactive ketones (excluding diaryl/α,β-unsaturated/α-hetero) is 1. The van der Waals surface area contributed by atoms with Gasteiger partial charge in [0.05, 0.1) is 5.02 Å². The van der Waals surface area contributed by atoms with Crippen LogP contribution in [0.25, 0.3) is 0 Å². The second-order valence-corrected chi connectivity index (χ2v) is 5.97. The Morgan fingerprint density at radius 2 is 1.86 bits per heavy atom. The zero-order chi connectivity index (χ0) is 14.8. The van der Waals surface area contributed by atoms with Crippen molar-refractivity contribution in [3.05, 3.63) is 70.0 Å². The molecule has 0 heterocycles. The summed E-state index contributed by atoms with van der Waals surface area (Å²) in [7, 11) is 0. The summed E-state index contributed by atoms with van der Waals surface area (Å²) in [5.41, 5.74) is 2.26. The number of carbonyl (C=O) groups is 1. The molecule has 1 nitrogen and oxygen atoms in total. The number of hydrogen-bond donors (Lipinski definition) is 0. The van der Waals surface area contributed by atoms with Gasteiger partial charge in [-0.1, -0.05) is 54.4 Å². The Kier molecular flexibility index (Phi) is 4.07. The van der Waals surface area contributed by atoms with Gasteiger partial charge in [-0.15, -0.1) is 0 Å². The van der Waals surface area contributed by atoms with Crippen molar-refractivity contribution in [3.63, 3.8) is 0 Å². The molecule has 0 amide bonds. The number of rotatable bonds is 4. The highest BCUT2D eigenvalue weighted by Gasteiger charge is 2.19. The molecule has 0 bridgehead atoms. The molecule has 21 heavy (non-hydrogen) atoms. The van der Waals surface area contributed by atoms with E-state index < -0.39 is 5.82 Å². The molecule has 0 radical (unpaired) electrons.